The molecule has 6 heteroatoms. The summed E-state index contributed by atoms with van der Waals surface area (Å²) in [6.07, 6.45) is 0.559. The molecule has 1 saturated heterocycles. The van der Waals surface area contributed by atoms with Gasteiger partial charge in [0.15, 0.2) is 0 Å². The summed E-state index contributed by atoms with van der Waals surface area (Å²) in [6.45, 7) is 5.01. The fourth-order valence-corrected chi connectivity index (χ4v) is 3.74. The monoisotopic (exact) mass is 298 g/mol. The van der Waals surface area contributed by atoms with Crippen molar-refractivity contribution in [3.8, 4) is 0 Å². The van der Waals surface area contributed by atoms with Crippen LogP contribution in [0.2, 0.25) is 0 Å². The molecule has 1 fully saturated rings. The summed E-state index contributed by atoms with van der Waals surface area (Å²) < 4.78 is 34.1. The van der Waals surface area contributed by atoms with Crippen LogP contribution in [0.5, 0.6) is 0 Å². The summed E-state index contributed by atoms with van der Waals surface area (Å²) in [7, 11) is -3.42. The first-order valence-corrected chi connectivity index (χ1v) is 8.35. The van der Waals surface area contributed by atoms with Crippen LogP contribution >= 0.6 is 0 Å². The predicted octanol–water partition coefficient (Wildman–Crippen LogP) is 1.17. The molecule has 0 aliphatic carbocycles. The van der Waals surface area contributed by atoms with Crippen molar-refractivity contribution in [2.45, 2.75) is 32.5 Å². The van der Waals surface area contributed by atoms with E-state index in [0.717, 1.165) is 5.56 Å². The fourth-order valence-electron chi connectivity index (χ4n) is 2.39. The van der Waals surface area contributed by atoms with Gasteiger partial charge in [-0.15, -0.1) is 0 Å². The standard InChI is InChI=1S/C14H22N2O3S/c1-12-10-16(11-13(2)19-12)20(17,18)15-9-8-14-6-4-3-5-7-14/h3-7,12-13,15H,8-11H2,1-2H3. The lowest BCUT2D eigenvalue weighted by molar-refractivity contribution is -0.0443. The minimum Gasteiger partial charge on any atom is -0.373 e. The molecule has 2 unspecified atom stereocenters. The highest BCUT2D eigenvalue weighted by atomic mass is 32.2. The van der Waals surface area contributed by atoms with E-state index in [1.165, 1.54) is 4.31 Å². The fraction of sp³-hybridized carbons (Fsp3) is 0.571. The maximum Gasteiger partial charge on any atom is 0.279 e. The Morgan fingerprint density at radius 3 is 2.40 bits per heavy atom. The average Bonchev–Trinajstić information content (AvgIpc) is 2.38. The SMILES string of the molecule is CC1CN(S(=O)(=O)NCCc2ccccc2)CC(C)O1. The molecule has 1 aromatic rings. The van der Waals surface area contributed by atoms with Gasteiger partial charge in [0.25, 0.3) is 10.2 Å². The zero-order valence-corrected chi connectivity index (χ0v) is 12.8. The average molecular weight is 298 g/mol. The molecule has 1 aromatic carbocycles. The molecule has 0 radical (unpaired) electrons. The number of nitrogens with zero attached hydrogens (tertiary/aromatic N) is 1. The molecule has 20 heavy (non-hydrogen) atoms. The Morgan fingerprint density at radius 1 is 1.20 bits per heavy atom. The highest BCUT2D eigenvalue weighted by Gasteiger charge is 2.30. The van der Waals surface area contributed by atoms with Crippen molar-refractivity contribution in [1.82, 2.24) is 9.03 Å². The Hall–Kier alpha value is -0.950. The number of hydrogen-bond acceptors (Lipinski definition) is 3. The summed E-state index contributed by atoms with van der Waals surface area (Å²) in [5.41, 5.74) is 1.12. The van der Waals surface area contributed by atoms with E-state index in [9.17, 15) is 8.42 Å². The van der Waals surface area contributed by atoms with Gasteiger partial charge in [0.2, 0.25) is 0 Å². The van der Waals surface area contributed by atoms with Crippen molar-refractivity contribution in [2.75, 3.05) is 19.6 Å². The molecule has 5 nitrogen and oxygen atoms in total. The number of ether oxygens (including phenoxy) is 1. The lowest BCUT2D eigenvalue weighted by atomic mass is 10.2. The molecular formula is C14H22N2O3S. The highest BCUT2D eigenvalue weighted by Crippen LogP contribution is 2.13. The third-order valence-electron chi connectivity index (χ3n) is 3.27. The maximum absolute atomic E-state index is 12.2. The first-order chi connectivity index (χ1) is 9.47. The first kappa shape index (κ1) is 15.4. The summed E-state index contributed by atoms with van der Waals surface area (Å²) in [5.74, 6) is 0. The molecular weight excluding hydrogens is 276 g/mol. The smallest absolute Gasteiger partial charge is 0.279 e. The number of hydrogen-bond donors (Lipinski definition) is 1. The molecule has 1 N–H and O–H groups in total. The van der Waals surface area contributed by atoms with Crippen molar-refractivity contribution in [3.05, 3.63) is 35.9 Å². The summed E-state index contributed by atoms with van der Waals surface area (Å²) in [5, 5.41) is 0. The minimum atomic E-state index is -3.42. The molecule has 0 spiro atoms. The molecule has 2 atom stereocenters. The molecule has 2 rings (SSSR count). The Balaban J connectivity index is 1.87. The molecule has 112 valence electrons. The van der Waals surface area contributed by atoms with E-state index in [2.05, 4.69) is 4.72 Å². The van der Waals surface area contributed by atoms with E-state index >= 15 is 0 Å². The van der Waals surface area contributed by atoms with Gasteiger partial charge in [0, 0.05) is 19.6 Å². The zero-order valence-electron chi connectivity index (χ0n) is 12.0. The van der Waals surface area contributed by atoms with Crippen LogP contribution in [0.3, 0.4) is 0 Å². The molecule has 1 aliphatic rings. The summed E-state index contributed by atoms with van der Waals surface area (Å²) >= 11 is 0. The first-order valence-electron chi connectivity index (χ1n) is 6.91. The number of benzene rings is 1. The van der Waals surface area contributed by atoms with Crippen LogP contribution in [0.15, 0.2) is 30.3 Å². The van der Waals surface area contributed by atoms with Gasteiger partial charge in [0.05, 0.1) is 12.2 Å². The van der Waals surface area contributed by atoms with Crippen molar-refractivity contribution < 1.29 is 13.2 Å². The van der Waals surface area contributed by atoms with E-state index in [-0.39, 0.29) is 12.2 Å². The number of morpholine rings is 1. The Bertz CT molecular complexity index is 508. The van der Waals surface area contributed by atoms with Crippen LogP contribution < -0.4 is 4.72 Å². The van der Waals surface area contributed by atoms with Gasteiger partial charge < -0.3 is 4.74 Å². The topological polar surface area (TPSA) is 58.6 Å². The zero-order chi connectivity index (χ0) is 14.6. The number of nitrogens with one attached hydrogen (secondary N) is 1. The van der Waals surface area contributed by atoms with Crippen molar-refractivity contribution >= 4 is 10.2 Å². The van der Waals surface area contributed by atoms with E-state index < -0.39 is 10.2 Å². The maximum atomic E-state index is 12.2. The third kappa shape index (κ3) is 4.28. The third-order valence-corrected chi connectivity index (χ3v) is 4.81. The second-order valence-corrected chi connectivity index (χ2v) is 6.96. The van der Waals surface area contributed by atoms with Crippen molar-refractivity contribution in [2.24, 2.45) is 0 Å². The normalized spacial score (nSPS) is 24.7. The van der Waals surface area contributed by atoms with Gasteiger partial charge in [-0.2, -0.15) is 12.7 Å². The quantitative estimate of drug-likeness (QED) is 0.888. The summed E-state index contributed by atoms with van der Waals surface area (Å²) in [6, 6.07) is 9.84. The van der Waals surface area contributed by atoms with Crippen LogP contribution in [-0.4, -0.2) is 44.6 Å². The van der Waals surface area contributed by atoms with Gasteiger partial charge >= 0.3 is 0 Å². The van der Waals surface area contributed by atoms with E-state index in [1.807, 2.05) is 44.2 Å². The predicted molar refractivity (Wildman–Crippen MR) is 78.7 cm³/mol. The van der Waals surface area contributed by atoms with Crippen molar-refractivity contribution in [3.63, 3.8) is 0 Å². The lowest BCUT2D eigenvalue weighted by Gasteiger charge is -2.34. The molecule has 0 aromatic heterocycles. The van der Waals surface area contributed by atoms with E-state index in [4.69, 9.17) is 4.74 Å². The second-order valence-electron chi connectivity index (χ2n) is 5.21. The second kappa shape index (κ2) is 6.67. The number of rotatable bonds is 5. The lowest BCUT2D eigenvalue weighted by Crippen LogP contribution is -2.52. The van der Waals surface area contributed by atoms with Crippen LogP contribution in [0.25, 0.3) is 0 Å². The van der Waals surface area contributed by atoms with Crippen LogP contribution in [0.4, 0.5) is 0 Å². The molecule has 0 saturated carbocycles. The van der Waals surface area contributed by atoms with E-state index in [0.29, 0.717) is 26.1 Å². The van der Waals surface area contributed by atoms with Gasteiger partial charge in [-0.3, -0.25) is 0 Å². The molecule has 1 aliphatic heterocycles. The Morgan fingerprint density at radius 2 is 1.80 bits per heavy atom. The van der Waals surface area contributed by atoms with Crippen LogP contribution in [0.1, 0.15) is 19.4 Å². The van der Waals surface area contributed by atoms with Crippen molar-refractivity contribution in [1.29, 1.82) is 0 Å². The molecule has 0 bridgehead atoms. The van der Waals surface area contributed by atoms with Gasteiger partial charge in [0.1, 0.15) is 0 Å². The van der Waals surface area contributed by atoms with Gasteiger partial charge in [-0.1, -0.05) is 30.3 Å². The molecule has 1 heterocycles. The van der Waals surface area contributed by atoms with Crippen LogP contribution in [0, 0.1) is 0 Å². The summed E-state index contributed by atoms with van der Waals surface area (Å²) in [4.78, 5) is 0. The van der Waals surface area contributed by atoms with E-state index in [1.54, 1.807) is 0 Å². The Kier molecular flexibility index (Phi) is 5.15. The minimum absolute atomic E-state index is 0.0653. The Labute approximate surface area is 121 Å². The highest BCUT2D eigenvalue weighted by molar-refractivity contribution is 7.87. The van der Waals surface area contributed by atoms with Crippen LogP contribution in [-0.2, 0) is 21.4 Å². The molecule has 0 amide bonds. The largest absolute Gasteiger partial charge is 0.373 e. The van der Waals surface area contributed by atoms with Gasteiger partial charge in [-0.25, -0.2) is 4.72 Å². The van der Waals surface area contributed by atoms with Gasteiger partial charge in [-0.05, 0) is 25.8 Å².